The molecule has 0 amide bonds. The minimum Gasteiger partial charge on any atom is -0.473 e. The normalized spacial score (nSPS) is 12.3. The molecule has 0 saturated carbocycles. The zero-order valence-corrected chi connectivity index (χ0v) is 11.6. The van der Waals surface area contributed by atoms with Crippen LogP contribution in [0.25, 0.3) is 0 Å². The zero-order valence-electron chi connectivity index (χ0n) is 10.8. The number of nitrogens with zero attached hydrogens (tertiary/aromatic N) is 2. The molecule has 1 atom stereocenters. The number of hydrogen-bond acceptors (Lipinski definition) is 6. The molecule has 7 heteroatoms. The highest BCUT2D eigenvalue weighted by molar-refractivity contribution is 6.99. The van der Waals surface area contributed by atoms with Crippen molar-refractivity contribution in [3.05, 3.63) is 41.8 Å². The van der Waals surface area contributed by atoms with Crippen LogP contribution in [0, 0.1) is 5.82 Å². The summed E-state index contributed by atoms with van der Waals surface area (Å²) in [6.45, 7) is 1.31. The Hall–Kier alpha value is -1.57. The second-order valence-electron chi connectivity index (χ2n) is 4.29. The Kier molecular flexibility index (Phi) is 5.85. The molecule has 0 fully saturated rings. The van der Waals surface area contributed by atoms with Crippen molar-refractivity contribution in [1.29, 1.82) is 0 Å². The van der Waals surface area contributed by atoms with Gasteiger partial charge in [-0.2, -0.15) is 4.37 Å². The molecule has 1 unspecified atom stereocenters. The lowest BCUT2D eigenvalue weighted by molar-refractivity contribution is 0.104. The summed E-state index contributed by atoms with van der Waals surface area (Å²) >= 11 is 1.06. The second kappa shape index (κ2) is 7.88. The van der Waals surface area contributed by atoms with Gasteiger partial charge in [0, 0.05) is 6.54 Å². The van der Waals surface area contributed by atoms with Crippen LogP contribution in [0.1, 0.15) is 5.56 Å². The van der Waals surface area contributed by atoms with Gasteiger partial charge in [0.2, 0.25) is 5.88 Å². The first kappa shape index (κ1) is 14.8. The van der Waals surface area contributed by atoms with Crippen LogP contribution < -0.4 is 10.1 Å². The Morgan fingerprint density at radius 1 is 1.35 bits per heavy atom. The van der Waals surface area contributed by atoms with Crippen LogP contribution in [0.4, 0.5) is 4.39 Å². The highest BCUT2D eigenvalue weighted by atomic mass is 32.1. The first-order valence-electron chi connectivity index (χ1n) is 6.27. The van der Waals surface area contributed by atoms with Crippen molar-refractivity contribution in [3.8, 4) is 5.88 Å². The van der Waals surface area contributed by atoms with Crippen molar-refractivity contribution < 1.29 is 14.2 Å². The average Bonchev–Trinajstić information content (AvgIpc) is 2.96. The van der Waals surface area contributed by atoms with Crippen molar-refractivity contribution in [3.63, 3.8) is 0 Å². The molecule has 1 aromatic carbocycles. The van der Waals surface area contributed by atoms with Crippen molar-refractivity contribution in [2.75, 3.05) is 19.7 Å². The molecular weight excluding hydrogens is 281 g/mol. The van der Waals surface area contributed by atoms with E-state index in [1.807, 2.05) is 0 Å². The van der Waals surface area contributed by atoms with Gasteiger partial charge >= 0.3 is 0 Å². The van der Waals surface area contributed by atoms with Gasteiger partial charge in [0.25, 0.3) is 0 Å². The standard InChI is InChI=1S/C13H16FN3O2S/c14-11-3-1-10(2-4-11)5-6-15-7-12(18)9-19-13-8-16-20-17-13/h1-4,8,12,15,18H,5-7,9H2. The number of hydrogen-bond donors (Lipinski definition) is 2. The summed E-state index contributed by atoms with van der Waals surface area (Å²) < 4.78 is 25.6. The van der Waals surface area contributed by atoms with Crippen molar-refractivity contribution >= 4 is 11.7 Å². The quantitative estimate of drug-likeness (QED) is 0.718. The molecule has 1 aromatic heterocycles. The van der Waals surface area contributed by atoms with Gasteiger partial charge < -0.3 is 15.2 Å². The van der Waals surface area contributed by atoms with Gasteiger partial charge in [-0.25, -0.2) is 4.39 Å². The number of nitrogens with one attached hydrogen (secondary N) is 1. The molecule has 0 radical (unpaired) electrons. The van der Waals surface area contributed by atoms with Crippen LogP contribution in [-0.2, 0) is 6.42 Å². The van der Waals surface area contributed by atoms with Crippen LogP contribution >= 0.6 is 11.7 Å². The predicted octanol–water partition coefficient (Wildman–Crippen LogP) is 1.25. The third-order valence-corrected chi connectivity index (χ3v) is 3.11. The summed E-state index contributed by atoms with van der Waals surface area (Å²) in [4.78, 5) is 0. The number of ether oxygens (including phenoxy) is 1. The third-order valence-electron chi connectivity index (χ3n) is 2.65. The van der Waals surface area contributed by atoms with Gasteiger partial charge in [-0.05, 0) is 30.7 Å². The van der Waals surface area contributed by atoms with Gasteiger partial charge in [0.05, 0.1) is 11.7 Å². The van der Waals surface area contributed by atoms with E-state index in [0.29, 0.717) is 19.0 Å². The van der Waals surface area contributed by atoms with Gasteiger partial charge in [0.15, 0.2) is 0 Å². The zero-order chi connectivity index (χ0) is 14.2. The van der Waals surface area contributed by atoms with E-state index in [2.05, 4.69) is 14.1 Å². The molecule has 0 bridgehead atoms. The molecule has 2 N–H and O–H groups in total. The first-order chi connectivity index (χ1) is 9.74. The van der Waals surface area contributed by atoms with E-state index in [1.165, 1.54) is 18.3 Å². The number of aliphatic hydroxyl groups is 1. The minimum absolute atomic E-state index is 0.176. The topological polar surface area (TPSA) is 67.3 Å². The Bertz CT molecular complexity index is 493. The maximum atomic E-state index is 12.7. The average molecular weight is 297 g/mol. The second-order valence-corrected chi connectivity index (χ2v) is 4.85. The Morgan fingerprint density at radius 3 is 2.85 bits per heavy atom. The first-order valence-corrected chi connectivity index (χ1v) is 7.00. The van der Waals surface area contributed by atoms with E-state index in [1.54, 1.807) is 12.1 Å². The van der Waals surface area contributed by atoms with Crippen molar-refractivity contribution in [2.24, 2.45) is 0 Å². The van der Waals surface area contributed by atoms with Gasteiger partial charge in [-0.3, -0.25) is 0 Å². The van der Waals surface area contributed by atoms with E-state index >= 15 is 0 Å². The summed E-state index contributed by atoms with van der Waals surface area (Å²) in [5.41, 5.74) is 1.05. The number of benzene rings is 1. The van der Waals surface area contributed by atoms with Crippen LogP contribution in [0.5, 0.6) is 5.88 Å². The highest BCUT2D eigenvalue weighted by Gasteiger charge is 2.06. The van der Waals surface area contributed by atoms with Crippen LogP contribution in [0.3, 0.4) is 0 Å². The summed E-state index contributed by atoms with van der Waals surface area (Å²) in [6, 6.07) is 6.40. The van der Waals surface area contributed by atoms with Crippen LogP contribution in [0.2, 0.25) is 0 Å². The van der Waals surface area contributed by atoms with E-state index in [-0.39, 0.29) is 12.4 Å². The van der Waals surface area contributed by atoms with Crippen molar-refractivity contribution in [1.82, 2.24) is 14.1 Å². The number of aliphatic hydroxyl groups excluding tert-OH is 1. The molecule has 0 aliphatic rings. The molecule has 0 spiro atoms. The summed E-state index contributed by atoms with van der Waals surface area (Å²) in [6.07, 6.45) is 1.69. The largest absolute Gasteiger partial charge is 0.473 e. The summed E-state index contributed by atoms with van der Waals surface area (Å²) in [5.74, 6) is 0.200. The SMILES string of the molecule is OC(CNCCc1ccc(F)cc1)COc1cnsn1. The Morgan fingerprint density at radius 2 is 2.15 bits per heavy atom. The maximum Gasteiger partial charge on any atom is 0.245 e. The molecule has 0 saturated heterocycles. The molecule has 0 aliphatic carbocycles. The molecule has 0 aliphatic heterocycles. The lowest BCUT2D eigenvalue weighted by Gasteiger charge is -2.11. The summed E-state index contributed by atoms with van der Waals surface area (Å²) in [5, 5.41) is 12.8. The number of halogens is 1. The molecule has 108 valence electrons. The van der Waals surface area contributed by atoms with Crippen LogP contribution in [0.15, 0.2) is 30.5 Å². The van der Waals surface area contributed by atoms with Gasteiger partial charge in [-0.15, -0.1) is 4.37 Å². The predicted molar refractivity (Wildman–Crippen MR) is 74.4 cm³/mol. The van der Waals surface area contributed by atoms with Gasteiger partial charge in [-0.1, -0.05) is 12.1 Å². The monoisotopic (exact) mass is 297 g/mol. The highest BCUT2D eigenvalue weighted by Crippen LogP contribution is 2.05. The fourth-order valence-corrected chi connectivity index (χ4v) is 1.98. The molecule has 20 heavy (non-hydrogen) atoms. The van der Waals surface area contributed by atoms with Crippen molar-refractivity contribution in [2.45, 2.75) is 12.5 Å². The molecule has 1 heterocycles. The molecule has 5 nitrogen and oxygen atoms in total. The summed E-state index contributed by atoms with van der Waals surface area (Å²) in [7, 11) is 0. The number of aromatic nitrogens is 2. The fraction of sp³-hybridized carbons (Fsp3) is 0.385. The molecular formula is C13H16FN3O2S. The van der Waals surface area contributed by atoms with E-state index in [9.17, 15) is 9.50 Å². The van der Waals surface area contributed by atoms with E-state index < -0.39 is 6.10 Å². The smallest absolute Gasteiger partial charge is 0.245 e. The maximum absolute atomic E-state index is 12.7. The molecule has 2 rings (SSSR count). The van der Waals surface area contributed by atoms with E-state index in [0.717, 1.165) is 23.7 Å². The number of rotatable bonds is 8. The van der Waals surface area contributed by atoms with Gasteiger partial charge in [0.1, 0.15) is 24.7 Å². The van der Waals surface area contributed by atoms with E-state index in [4.69, 9.17) is 4.74 Å². The lowest BCUT2D eigenvalue weighted by Crippen LogP contribution is -2.32. The lowest BCUT2D eigenvalue weighted by atomic mass is 10.1. The minimum atomic E-state index is -0.607. The third kappa shape index (κ3) is 5.20. The fourth-order valence-electron chi connectivity index (χ4n) is 1.61. The Balaban J connectivity index is 1.57. The Labute approximate surface area is 120 Å². The van der Waals surface area contributed by atoms with Crippen LogP contribution in [-0.4, -0.2) is 39.7 Å². The molecule has 2 aromatic rings.